The molecule has 0 heterocycles. The van der Waals surface area contributed by atoms with Crippen LogP contribution >= 0.6 is 11.8 Å². The second-order valence-electron chi connectivity index (χ2n) is 4.36. The lowest BCUT2D eigenvalue weighted by atomic mass is 10.1. The molecule has 0 aliphatic carbocycles. The molecular weight excluding hydrogens is 245 g/mol. The fraction of sp³-hybridized carbons (Fsp3) is 0.200. The minimum atomic E-state index is -0.213. The van der Waals surface area contributed by atoms with Crippen molar-refractivity contribution in [3.63, 3.8) is 0 Å². The highest BCUT2D eigenvalue weighted by atomic mass is 32.2. The van der Waals surface area contributed by atoms with Crippen LogP contribution in [0.2, 0.25) is 0 Å². The van der Waals surface area contributed by atoms with Crippen LogP contribution in [0, 0.1) is 12.7 Å². The summed E-state index contributed by atoms with van der Waals surface area (Å²) < 4.78 is 13.9. The van der Waals surface area contributed by atoms with E-state index in [9.17, 15) is 4.39 Å². The molecule has 0 amide bonds. The summed E-state index contributed by atoms with van der Waals surface area (Å²) in [6, 6.07) is 12.9. The lowest BCUT2D eigenvalue weighted by molar-refractivity contribution is 0.591. The SMILES string of the molecule is Cc1ccc(Sc2c(F)cccc2[C@H](C)N)cc1. The summed E-state index contributed by atoms with van der Waals surface area (Å²) in [7, 11) is 0. The van der Waals surface area contributed by atoms with Gasteiger partial charge in [-0.1, -0.05) is 41.6 Å². The van der Waals surface area contributed by atoms with Crippen LogP contribution in [0.15, 0.2) is 52.3 Å². The third-order valence-corrected chi connectivity index (χ3v) is 3.87. The normalized spacial score (nSPS) is 12.4. The van der Waals surface area contributed by atoms with E-state index >= 15 is 0 Å². The van der Waals surface area contributed by atoms with Crippen LogP contribution in [-0.2, 0) is 0 Å². The van der Waals surface area contributed by atoms with Crippen molar-refractivity contribution >= 4 is 11.8 Å². The monoisotopic (exact) mass is 261 g/mol. The first-order chi connectivity index (χ1) is 8.58. The number of rotatable bonds is 3. The maximum absolute atomic E-state index is 13.9. The molecular formula is C15H16FNS. The predicted octanol–water partition coefficient (Wildman–Crippen LogP) is 4.31. The van der Waals surface area contributed by atoms with Gasteiger partial charge in [0.05, 0.1) is 4.90 Å². The zero-order chi connectivity index (χ0) is 13.1. The summed E-state index contributed by atoms with van der Waals surface area (Å²) in [6.07, 6.45) is 0. The molecule has 0 spiro atoms. The summed E-state index contributed by atoms with van der Waals surface area (Å²) in [4.78, 5) is 1.64. The molecule has 0 unspecified atom stereocenters. The lowest BCUT2D eigenvalue weighted by Gasteiger charge is -2.13. The Labute approximate surface area is 111 Å². The molecule has 0 aromatic heterocycles. The van der Waals surface area contributed by atoms with Gasteiger partial charge in [-0.3, -0.25) is 0 Å². The number of nitrogens with two attached hydrogens (primary N) is 1. The molecule has 0 fully saturated rings. The molecule has 3 heteroatoms. The topological polar surface area (TPSA) is 26.0 Å². The zero-order valence-corrected chi connectivity index (χ0v) is 11.3. The first kappa shape index (κ1) is 13.1. The van der Waals surface area contributed by atoms with E-state index in [2.05, 4.69) is 0 Å². The fourth-order valence-electron chi connectivity index (χ4n) is 1.72. The van der Waals surface area contributed by atoms with Gasteiger partial charge in [0.1, 0.15) is 5.82 Å². The molecule has 18 heavy (non-hydrogen) atoms. The minimum absolute atomic E-state index is 0.173. The maximum atomic E-state index is 13.9. The highest BCUT2D eigenvalue weighted by Crippen LogP contribution is 2.34. The van der Waals surface area contributed by atoms with Crippen LogP contribution in [-0.4, -0.2) is 0 Å². The molecule has 1 nitrogen and oxygen atoms in total. The molecule has 0 bridgehead atoms. The highest BCUT2D eigenvalue weighted by molar-refractivity contribution is 7.99. The van der Waals surface area contributed by atoms with Gasteiger partial charge in [0.15, 0.2) is 0 Å². The van der Waals surface area contributed by atoms with Crippen molar-refractivity contribution in [2.75, 3.05) is 0 Å². The maximum Gasteiger partial charge on any atom is 0.137 e. The summed E-state index contributed by atoms with van der Waals surface area (Å²) in [5, 5.41) is 0. The molecule has 0 aliphatic rings. The Hall–Kier alpha value is -1.32. The van der Waals surface area contributed by atoms with Crippen molar-refractivity contribution in [2.45, 2.75) is 29.7 Å². The van der Waals surface area contributed by atoms with Crippen molar-refractivity contribution in [1.82, 2.24) is 0 Å². The summed E-state index contributed by atoms with van der Waals surface area (Å²) >= 11 is 1.42. The minimum Gasteiger partial charge on any atom is -0.324 e. The third-order valence-electron chi connectivity index (χ3n) is 2.73. The zero-order valence-electron chi connectivity index (χ0n) is 10.5. The number of hydrogen-bond donors (Lipinski definition) is 1. The largest absolute Gasteiger partial charge is 0.324 e. The van der Waals surface area contributed by atoms with Crippen LogP contribution in [0.3, 0.4) is 0 Å². The van der Waals surface area contributed by atoms with Gasteiger partial charge in [-0.2, -0.15) is 0 Å². The number of halogens is 1. The van der Waals surface area contributed by atoms with E-state index < -0.39 is 0 Å². The second kappa shape index (κ2) is 5.55. The summed E-state index contributed by atoms with van der Waals surface area (Å²) in [5.41, 5.74) is 7.92. The predicted molar refractivity (Wildman–Crippen MR) is 74.3 cm³/mol. The van der Waals surface area contributed by atoms with Gasteiger partial charge in [0, 0.05) is 10.9 Å². The molecule has 94 valence electrons. The van der Waals surface area contributed by atoms with Crippen LogP contribution in [0.25, 0.3) is 0 Å². The molecule has 0 saturated heterocycles. The van der Waals surface area contributed by atoms with Crippen molar-refractivity contribution in [2.24, 2.45) is 5.73 Å². The molecule has 0 radical (unpaired) electrons. The van der Waals surface area contributed by atoms with Crippen molar-refractivity contribution in [3.8, 4) is 0 Å². The average Bonchev–Trinajstić information content (AvgIpc) is 2.34. The third kappa shape index (κ3) is 2.92. The average molecular weight is 261 g/mol. The smallest absolute Gasteiger partial charge is 0.137 e. The molecule has 2 aromatic rings. The number of benzene rings is 2. The Morgan fingerprint density at radius 2 is 1.78 bits per heavy atom. The number of aryl methyl sites for hydroxylation is 1. The van der Waals surface area contributed by atoms with Gasteiger partial charge < -0.3 is 5.73 Å². The molecule has 2 aromatic carbocycles. The molecule has 2 rings (SSSR count). The lowest BCUT2D eigenvalue weighted by Crippen LogP contribution is -2.07. The van der Waals surface area contributed by atoms with Crippen molar-refractivity contribution < 1.29 is 4.39 Å². The Balaban J connectivity index is 2.36. The Morgan fingerprint density at radius 3 is 2.39 bits per heavy atom. The Morgan fingerprint density at radius 1 is 1.11 bits per heavy atom. The van der Waals surface area contributed by atoms with E-state index in [1.807, 2.05) is 44.2 Å². The summed E-state index contributed by atoms with van der Waals surface area (Å²) in [6.45, 7) is 3.90. The van der Waals surface area contributed by atoms with Gasteiger partial charge in [-0.25, -0.2) is 4.39 Å². The standard InChI is InChI=1S/C15H16FNS/c1-10-6-8-12(9-7-10)18-15-13(11(2)17)4-3-5-14(15)16/h3-9,11H,17H2,1-2H3/t11-/m0/s1. The van der Waals surface area contributed by atoms with E-state index in [1.54, 1.807) is 6.07 Å². The van der Waals surface area contributed by atoms with Gasteiger partial charge in [-0.05, 0) is 37.6 Å². The van der Waals surface area contributed by atoms with E-state index in [-0.39, 0.29) is 11.9 Å². The van der Waals surface area contributed by atoms with Crippen LogP contribution in [0.4, 0.5) is 4.39 Å². The second-order valence-corrected chi connectivity index (χ2v) is 5.45. The number of hydrogen-bond acceptors (Lipinski definition) is 2. The van der Waals surface area contributed by atoms with E-state index in [0.717, 1.165) is 10.5 Å². The van der Waals surface area contributed by atoms with Gasteiger partial charge >= 0.3 is 0 Å². The first-order valence-electron chi connectivity index (χ1n) is 5.86. The molecule has 1 atom stereocenters. The Bertz CT molecular complexity index is 535. The van der Waals surface area contributed by atoms with E-state index in [1.165, 1.54) is 23.4 Å². The first-order valence-corrected chi connectivity index (χ1v) is 6.68. The molecule has 0 saturated carbocycles. The van der Waals surface area contributed by atoms with E-state index in [0.29, 0.717) is 4.90 Å². The van der Waals surface area contributed by atoms with Gasteiger partial charge in [0.25, 0.3) is 0 Å². The highest BCUT2D eigenvalue weighted by Gasteiger charge is 2.12. The quantitative estimate of drug-likeness (QED) is 0.891. The fourth-order valence-corrected chi connectivity index (χ4v) is 2.76. The van der Waals surface area contributed by atoms with Crippen LogP contribution < -0.4 is 5.73 Å². The van der Waals surface area contributed by atoms with Crippen molar-refractivity contribution in [3.05, 3.63) is 59.4 Å². The molecule has 2 N–H and O–H groups in total. The van der Waals surface area contributed by atoms with Crippen LogP contribution in [0.1, 0.15) is 24.1 Å². The molecule has 0 aliphatic heterocycles. The Kier molecular flexibility index (Phi) is 4.04. The van der Waals surface area contributed by atoms with Crippen LogP contribution in [0.5, 0.6) is 0 Å². The summed E-state index contributed by atoms with van der Waals surface area (Å²) in [5.74, 6) is -0.213. The van der Waals surface area contributed by atoms with E-state index in [4.69, 9.17) is 5.73 Å². The van der Waals surface area contributed by atoms with Crippen molar-refractivity contribution in [1.29, 1.82) is 0 Å². The van der Waals surface area contributed by atoms with Gasteiger partial charge in [0.2, 0.25) is 0 Å². The van der Waals surface area contributed by atoms with Gasteiger partial charge in [-0.15, -0.1) is 0 Å².